The van der Waals surface area contributed by atoms with E-state index in [9.17, 15) is 9.90 Å². The molecule has 0 aromatic heterocycles. The van der Waals surface area contributed by atoms with Crippen LogP contribution in [-0.2, 0) is 11.2 Å². The van der Waals surface area contributed by atoms with E-state index in [-0.39, 0.29) is 18.4 Å². The third kappa shape index (κ3) is 5.55. The van der Waals surface area contributed by atoms with Gasteiger partial charge >= 0.3 is 0 Å². The van der Waals surface area contributed by atoms with Crippen LogP contribution in [0.1, 0.15) is 37.7 Å². The number of likely N-dealkylation sites (tertiary alicyclic amines) is 2. The lowest BCUT2D eigenvalue weighted by Crippen LogP contribution is -2.47. The summed E-state index contributed by atoms with van der Waals surface area (Å²) in [6.45, 7) is 5.29. The van der Waals surface area contributed by atoms with Crippen molar-refractivity contribution >= 4 is 5.91 Å². The summed E-state index contributed by atoms with van der Waals surface area (Å²) in [5.74, 6) is 1.03. The Morgan fingerprint density at radius 2 is 1.80 bits per heavy atom. The Bertz CT molecular complexity index is 528. The largest absolute Gasteiger partial charge is 0.396 e. The van der Waals surface area contributed by atoms with Crippen LogP contribution >= 0.6 is 0 Å². The van der Waals surface area contributed by atoms with Crippen molar-refractivity contribution in [3.63, 3.8) is 0 Å². The molecule has 0 bridgehead atoms. The van der Waals surface area contributed by atoms with Crippen LogP contribution < -0.4 is 0 Å². The number of aryl methyl sites for hydroxylation is 1. The number of aliphatic hydroxyl groups excluding tert-OH is 1. The van der Waals surface area contributed by atoms with Gasteiger partial charge in [0.05, 0.1) is 0 Å². The molecule has 2 fully saturated rings. The van der Waals surface area contributed by atoms with Crippen molar-refractivity contribution in [1.82, 2.24) is 9.80 Å². The topological polar surface area (TPSA) is 43.8 Å². The van der Waals surface area contributed by atoms with Gasteiger partial charge in [-0.1, -0.05) is 30.3 Å². The van der Waals surface area contributed by atoms with E-state index in [4.69, 9.17) is 0 Å². The van der Waals surface area contributed by atoms with Gasteiger partial charge in [-0.05, 0) is 62.6 Å². The molecule has 3 rings (SSSR count). The van der Waals surface area contributed by atoms with E-state index in [0.717, 1.165) is 38.9 Å². The summed E-state index contributed by atoms with van der Waals surface area (Å²) in [6.07, 6.45) is 6.14. The molecule has 2 heterocycles. The molecular weight excluding hydrogens is 312 g/mol. The van der Waals surface area contributed by atoms with Crippen molar-refractivity contribution in [1.29, 1.82) is 0 Å². The van der Waals surface area contributed by atoms with Gasteiger partial charge < -0.3 is 14.9 Å². The van der Waals surface area contributed by atoms with E-state index < -0.39 is 0 Å². The number of aliphatic hydroxyl groups is 1. The van der Waals surface area contributed by atoms with E-state index in [1.54, 1.807) is 0 Å². The zero-order chi connectivity index (χ0) is 17.5. The van der Waals surface area contributed by atoms with E-state index >= 15 is 0 Å². The smallest absolute Gasteiger partial charge is 0.222 e. The summed E-state index contributed by atoms with van der Waals surface area (Å²) in [4.78, 5) is 17.2. The van der Waals surface area contributed by atoms with Crippen LogP contribution in [0.2, 0.25) is 0 Å². The van der Waals surface area contributed by atoms with Gasteiger partial charge in [-0.15, -0.1) is 0 Å². The zero-order valence-corrected chi connectivity index (χ0v) is 15.3. The van der Waals surface area contributed by atoms with Crippen LogP contribution in [0, 0.1) is 11.8 Å². The quantitative estimate of drug-likeness (QED) is 0.827. The summed E-state index contributed by atoms with van der Waals surface area (Å²) >= 11 is 0. The molecule has 25 heavy (non-hydrogen) atoms. The van der Waals surface area contributed by atoms with Crippen molar-refractivity contribution in [2.45, 2.75) is 38.5 Å². The molecule has 1 amide bonds. The van der Waals surface area contributed by atoms with Gasteiger partial charge in [-0.25, -0.2) is 0 Å². The molecule has 2 atom stereocenters. The standard InChI is InChI=1S/C21H32N2O2/c24-17-20-13-19(14-22-11-4-5-12-22)15-23(16-20)21(25)10-6-9-18-7-2-1-3-8-18/h1-3,7-8,19-20,24H,4-6,9-17H2/t19-,20-/m1/s1. The van der Waals surface area contributed by atoms with E-state index in [1.807, 2.05) is 11.0 Å². The Morgan fingerprint density at radius 3 is 2.52 bits per heavy atom. The van der Waals surface area contributed by atoms with E-state index in [1.165, 1.54) is 31.5 Å². The summed E-state index contributed by atoms with van der Waals surface area (Å²) in [5.41, 5.74) is 1.30. The molecule has 0 radical (unpaired) electrons. The second kappa shape index (κ2) is 9.35. The third-order valence-corrected chi connectivity index (χ3v) is 5.65. The summed E-state index contributed by atoms with van der Waals surface area (Å²) < 4.78 is 0. The normalized spacial score (nSPS) is 24.6. The van der Waals surface area contributed by atoms with Crippen LogP contribution in [-0.4, -0.2) is 60.1 Å². The Kier molecular flexibility index (Phi) is 6.88. The molecular formula is C21H32N2O2. The SMILES string of the molecule is O=C(CCCc1ccccc1)N1C[C@H](CO)C[C@H](CN2CCCC2)C1. The van der Waals surface area contributed by atoms with Crippen molar-refractivity contribution in [3.05, 3.63) is 35.9 Å². The molecule has 1 aromatic rings. The highest BCUT2D eigenvalue weighted by Gasteiger charge is 2.30. The minimum Gasteiger partial charge on any atom is -0.396 e. The number of hydrogen-bond acceptors (Lipinski definition) is 3. The highest BCUT2D eigenvalue weighted by molar-refractivity contribution is 5.76. The first-order chi connectivity index (χ1) is 12.2. The van der Waals surface area contributed by atoms with Gasteiger partial charge in [0.1, 0.15) is 0 Å². The summed E-state index contributed by atoms with van der Waals surface area (Å²) in [7, 11) is 0. The maximum atomic E-state index is 12.7. The van der Waals surface area contributed by atoms with Gasteiger partial charge in [-0.2, -0.15) is 0 Å². The van der Waals surface area contributed by atoms with Gasteiger partial charge in [0.2, 0.25) is 5.91 Å². The van der Waals surface area contributed by atoms with Gasteiger partial charge in [0.15, 0.2) is 0 Å². The number of hydrogen-bond donors (Lipinski definition) is 1. The molecule has 4 heteroatoms. The van der Waals surface area contributed by atoms with Crippen LogP contribution in [0.3, 0.4) is 0 Å². The van der Waals surface area contributed by atoms with Crippen molar-refractivity contribution < 1.29 is 9.90 Å². The molecule has 1 N–H and O–H groups in total. The minimum absolute atomic E-state index is 0.199. The maximum absolute atomic E-state index is 12.7. The number of amides is 1. The molecule has 0 aliphatic carbocycles. The van der Waals surface area contributed by atoms with E-state index in [2.05, 4.69) is 29.2 Å². The maximum Gasteiger partial charge on any atom is 0.222 e. The first-order valence-corrected chi connectivity index (χ1v) is 9.89. The first kappa shape index (κ1) is 18.4. The average Bonchev–Trinajstić information content (AvgIpc) is 3.15. The number of benzene rings is 1. The molecule has 2 aliphatic heterocycles. The molecule has 0 spiro atoms. The van der Waals surface area contributed by atoms with Gasteiger partial charge in [0, 0.05) is 32.7 Å². The molecule has 2 aliphatic rings. The predicted octanol–water partition coefficient (Wildman–Crippen LogP) is 2.56. The fraction of sp³-hybridized carbons (Fsp3) is 0.667. The Balaban J connectivity index is 1.47. The Labute approximate surface area is 151 Å². The molecule has 2 saturated heterocycles. The summed E-state index contributed by atoms with van der Waals surface area (Å²) in [6, 6.07) is 10.4. The third-order valence-electron chi connectivity index (χ3n) is 5.65. The van der Waals surface area contributed by atoms with Crippen molar-refractivity contribution in [3.8, 4) is 0 Å². The number of rotatable bonds is 7. The van der Waals surface area contributed by atoms with E-state index in [0.29, 0.717) is 12.3 Å². The molecule has 0 unspecified atom stereocenters. The number of carbonyl (C=O) groups is 1. The second-order valence-corrected chi connectivity index (χ2v) is 7.80. The van der Waals surface area contributed by atoms with Crippen LogP contribution in [0.15, 0.2) is 30.3 Å². The molecule has 138 valence electrons. The molecule has 4 nitrogen and oxygen atoms in total. The van der Waals surface area contributed by atoms with Gasteiger partial charge in [0.25, 0.3) is 0 Å². The number of nitrogens with zero attached hydrogens (tertiary/aromatic N) is 2. The van der Waals surface area contributed by atoms with Crippen LogP contribution in [0.4, 0.5) is 0 Å². The van der Waals surface area contributed by atoms with Crippen LogP contribution in [0.5, 0.6) is 0 Å². The van der Waals surface area contributed by atoms with Crippen molar-refractivity contribution in [2.75, 3.05) is 39.3 Å². The monoisotopic (exact) mass is 344 g/mol. The Morgan fingerprint density at radius 1 is 1.08 bits per heavy atom. The predicted molar refractivity (Wildman–Crippen MR) is 100 cm³/mol. The lowest BCUT2D eigenvalue weighted by atomic mass is 9.89. The van der Waals surface area contributed by atoms with Crippen LogP contribution in [0.25, 0.3) is 0 Å². The lowest BCUT2D eigenvalue weighted by Gasteiger charge is -2.38. The molecule has 1 aromatic carbocycles. The first-order valence-electron chi connectivity index (χ1n) is 9.89. The minimum atomic E-state index is 0.199. The summed E-state index contributed by atoms with van der Waals surface area (Å²) in [5, 5.41) is 9.64. The lowest BCUT2D eigenvalue weighted by molar-refractivity contribution is -0.134. The second-order valence-electron chi connectivity index (χ2n) is 7.80. The number of piperidine rings is 1. The fourth-order valence-corrected chi connectivity index (χ4v) is 4.36. The highest BCUT2D eigenvalue weighted by atomic mass is 16.3. The fourth-order valence-electron chi connectivity index (χ4n) is 4.36. The Hall–Kier alpha value is -1.39. The van der Waals surface area contributed by atoms with Crippen molar-refractivity contribution in [2.24, 2.45) is 11.8 Å². The number of carbonyl (C=O) groups excluding carboxylic acids is 1. The average molecular weight is 344 g/mol. The highest BCUT2D eigenvalue weighted by Crippen LogP contribution is 2.25. The van der Waals surface area contributed by atoms with Gasteiger partial charge in [-0.3, -0.25) is 4.79 Å². The zero-order valence-electron chi connectivity index (χ0n) is 15.3. The molecule has 0 saturated carbocycles.